The first-order valence-corrected chi connectivity index (χ1v) is 9.36. The molecule has 1 aliphatic heterocycles. The highest BCUT2D eigenvalue weighted by atomic mass is 16.5. The van der Waals surface area contributed by atoms with E-state index in [2.05, 4.69) is 17.0 Å². The predicted molar refractivity (Wildman–Crippen MR) is 104 cm³/mol. The van der Waals surface area contributed by atoms with E-state index in [9.17, 15) is 9.59 Å². The van der Waals surface area contributed by atoms with Gasteiger partial charge in [-0.15, -0.1) is 0 Å². The fraction of sp³-hybridized carbons (Fsp3) is 0.364. The molecule has 1 amide bonds. The van der Waals surface area contributed by atoms with Gasteiger partial charge < -0.3 is 9.64 Å². The molecule has 0 saturated carbocycles. The maximum absolute atomic E-state index is 12.6. The van der Waals surface area contributed by atoms with E-state index in [0.29, 0.717) is 18.7 Å². The van der Waals surface area contributed by atoms with Crippen molar-refractivity contribution < 1.29 is 14.3 Å². The van der Waals surface area contributed by atoms with Crippen LogP contribution in [0.2, 0.25) is 0 Å². The van der Waals surface area contributed by atoms with Crippen molar-refractivity contribution in [1.29, 1.82) is 0 Å². The Bertz CT molecular complexity index is 783. The molecule has 0 aromatic heterocycles. The largest absolute Gasteiger partial charge is 0.449 e. The number of aryl methyl sites for hydroxylation is 1. The van der Waals surface area contributed by atoms with E-state index in [-0.39, 0.29) is 5.91 Å². The van der Waals surface area contributed by atoms with E-state index in [1.807, 2.05) is 37.3 Å². The van der Waals surface area contributed by atoms with Crippen LogP contribution in [0.25, 0.3) is 0 Å². The van der Waals surface area contributed by atoms with Crippen molar-refractivity contribution in [2.24, 2.45) is 0 Å². The molecular weight excluding hydrogens is 340 g/mol. The van der Waals surface area contributed by atoms with Crippen LogP contribution in [-0.4, -0.2) is 54.0 Å². The summed E-state index contributed by atoms with van der Waals surface area (Å²) < 4.78 is 5.41. The first kappa shape index (κ1) is 19.1. The minimum absolute atomic E-state index is 0.128. The standard InChI is InChI=1S/C22H26N2O3/c1-17-8-6-7-11-20(17)22(26)27-18(2)21(25)24-14-12-23(13-15-24)16-19-9-4-3-5-10-19/h3-11,18H,12-16H2,1-2H3. The summed E-state index contributed by atoms with van der Waals surface area (Å²) in [5.74, 6) is -0.576. The number of carbonyl (C=O) groups is 2. The lowest BCUT2D eigenvalue weighted by Gasteiger charge is -2.35. The van der Waals surface area contributed by atoms with E-state index >= 15 is 0 Å². The van der Waals surface area contributed by atoms with Crippen LogP contribution >= 0.6 is 0 Å². The van der Waals surface area contributed by atoms with Crippen LogP contribution in [0.15, 0.2) is 54.6 Å². The van der Waals surface area contributed by atoms with Gasteiger partial charge in [-0.05, 0) is 31.0 Å². The lowest BCUT2D eigenvalue weighted by molar-refractivity contribution is -0.141. The minimum Gasteiger partial charge on any atom is -0.449 e. The number of rotatable bonds is 5. The Hall–Kier alpha value is -2.66. The average Bonchev–Trinajstić information content (AvgIpc) is 2.69. The predicted octanol–water partition coefficient (Wildman–Crippen LogP) is 2.88. The van der Waals surface area contributed by atoms with Gasteiger partial charge >= 0.3 is 5.97 Å². The zero-order valence-corrected chi connectivity index (χ0v) is 15.9. The third-order valence-electron chi connectivity index (χ3n) is 4.93. The minimum atomic E-state index is -0.780. The van der Waals surface area contributed by atoms with E-state index in [1.165, 1.54) is 5.56 Å². The number of carbonyl (C=O) groups excluding carboxylic acids is 2. The molecule has 0 radical (unpaired) electrons. The molecule has 5 nitrogen and oxygen atoms in total. The molecule has 2 aromatic carbocycles. The fourth-order valence-corrected chi connectivity index (χ4v) is 3.30. The third-order valence-corrected chi connectivity index (χ3v) is 4.93. The second kappa shape index (κ2) is 8.82. The number of amides is 1. The summed E-state index contributed by atoms with van der Waals surface area (Å²) in [7, 11) is 0. The molecule has 27 heavy (non-hydrogen) atoms. The molecule has 5 heteroatoms. The molecule has 2 aromatic rings. The second-order valence-electron chi connectivity index (χ2n) is 6.95. The van der Waals surface area contributed by atoms with Crippen molar-refractivity contribution >= 4 is 11.9 Å². The molecule has 0 spiro atoms. The molecule has 142 valence electrons. The topological polar surface area (TPSA) is 49.9 Å². The summed E-state index contributed by atoms with van der Waals surface area (Å²) in [5.41, 5.74) is 2.62. The summed E-state index contributed by atoms with van der Waals surface area (Å²) >= 11 is 0. The van der Waals surface area contributed by atoms with Crippen molar-refractivity contribution in [2.45, 2.75) is 26.5 Å². The molecule has 1 fully saturated rings. The lowest BCUT2D eigenvalue weighted by Crippen LogP contribution is -2.51. The SMILES string of the molecule is Cc1ccccc1C(=O)OC(C)C(=O)N1CCN(Cc2ccccc2)CC1. The Morgan fingerprint density at radius 1 is 0.963 bits per heavy atom. The molecule has 1 unspecified atom stereocenters. The maximum atomic E-state index is 12.6. The Morgan fingerprint density at radius 3 is 2.26 bits per heavy atom. The number of esters is 1. The van der Waals surface area contributed by atoms with Gasteiger partial charge in [0.1, 0.15) is 0 Å². The summed E-state index contributed by atoms with van der Waals surface area (Å²) in [6.45, 7) is 7.33. The van der Waals surface area contributed by atoms with Crippen molar-refractivity contribution in [3.63, 3.8) is 0 Å². The van der Waals surface area contributed by atoms with Crippen molar-refractivity contribution in [3.05, 3.63) is 71.3 Å². The normalized spacial score (nSPS) is 16.0. The van der Waals surface area contributed by atoms with Crippen LogP contribution < -0.4 is 0 Å². The fourth-order valence-electron chi connectivity index (χ4n) is 3.30. The highest BCUT2D eigenvalue weighted by Gasteiger charge is 2.27. The van der Waals surface area contributed by atoms with Gasteiger partial charge in [0.05, 0.1) is 5.56 Å². The number of hydrogen-bond acceptors (Lipinski definition) is 4. The van der Waals surface area contributed by atoms with Crippen LogP contribution in [0, 0.1) is 6.92 Å². The summed E-state index contributed by atoms with van der Waals surface area (Å²) in [5, 5.41) is 0. The molecule has 1 atom stereocenters. The number of nitrogens with zero attached hydrogens (tertiary/aromatic N) is 2. The molecule has 3 rings (SSSR count). The average molecular weight is 366 g/mol. The smallest absolute Gasteiger partial charge is 0.339 e. The molecule has 0 bridgehead atoms. The van der Waals surface area contributed by atoms with Gasteiger partial charge in [-0.3, -0.25) is 9.69 Å². The zero-order valence-electron chi connectivity index (χ0n) is 15.9. The van der Waals surface area contributed by atoms with Crippen LogP contribution in [0.1, 0.15) is 28.4 Å². The van der Waals surface area contributed by atoms with Crippen LogP contribution in [0.3, 0.4) is 0 Å². The van der Waals surface area contributed by atoms with Gasteiger partial charge in [-0.1, -0.05) is 48.5 Å². The molecule has 0 aliphatic carbocycles. The molecule has 0 N–H and O–H groups in total. The van der Waals surface area contributed by atoms with Gasteiger partial charge in [-0.2, -0.15) is 0 Å². The number of hydrogen-bond donors (Lipinski definition) is 0. The Morgan fingerprint density at radius 2 is 1.59 bits per heavy atom. The van der Waals surface area contributed by atoms with Crippen molar-refractivity contribution in [3.8, 4) is 0 Å². The van der Waals surface area contributed by atoms with Crippen LogP contribution in [0.4, 0.5) is 0 Å². The summed E-state index contributed by atoms with van der Waals surface area (Å²) in [6, 6.07) is 17.6. The number of piperazine rings is 1. The van der Waals surface area contributed by atoms with Crippen molar-refractivity contribution in [1.82, 2.24) is 9.80 Å². The quantitative estimate of drug-likeness (QED) is 0.764. The lowest BCUT2D eigenvalue weighted by atomic mass is 10.1. The first-order chi connectivity index (χ1) is 13.0. The van der Waals surface area contributed by atoms with E-state index in [0.717, 1.165) is 25.2 Å². The van der Waals surface area contributed by atoms with Gasteiger partial charge in [0.2, 0.25) is 0 Å². The Kier molecular flexibility index (Phi) is 6.24. The van der Waals surface area contributed by atoms with E-state index < -0.39 is 12.1 Å². The summed E-state index contributed by atoms with van der Waals surface area (Å²) in [4.78, 5) is 29.1. The second-order valence-corrected chi connectivity index (χ2v) is 6.95. The Balaban J connectivity index is 1.50. The van der Waals surface area contributed by atoms with Gasteiger partial charge in [0, 0.05) is 32.7 Å². The maximum Gasteiger partial charge on any atom is 0.339 e. The van der Waals surface area contributed by atoms with Crippen LogP contribution in [-0.2, 0) is 16.1 Å². The highest BCUT2D eigenvalue weighted by Crippen LogP contribution is 2.13. The van der Waals surface area contributed by atoms with Gasteiger partial charge in [0.15, 0.2) is 6.10 Å². The molecule has 1 saturated heterocycles. The Labute approximate surface area is 160 Å². The number of benzene rings is 2. The molecule has 1 heterocycles. The highest BCUT2D eigenvalue weighted by molar-refractivity contribution is 5.93. The monoisotopic (exact) mass is 366 g/mol. The molecule has 1 aliphatic rings. The van der Waals surface area contributed by atoms with E-state index in [4.69, 9.17) is 4.74 Å². The van der Waals surface area contributed by atoms with Gasteiger partial charge in [0.25, 0.3) is 5.91 Å². The zero-order chi connectivity index (χ0) is 19.2. The first-order valence-electron chi connectivity index (χ1n) is 9.36. The summed E-state index contributed by atoms with van der Waals surface area (Å²) in [6.07, 6.45) is -0.780. The van der Waals surface area contributed by atoms with Gasteiger partial charge in [-0.25, -0.2) is 4.79 Å². The van der Waals surface area contributed by atoms with Crippen LogP contribution in [0.5, 0.6) is 0 Å². The van der Waals surface area contributed by atoms with Crippen molar-refractivity contribution in [2.75, 3.05) is 26.2 Å². The number of ether oxygens (including phenoxy) is 1. The van der Waals surface area contributed by atoms with E-state index in [1.54, 1.807) is 24.0 Å². The molecular formula is C22H26N2O3. The third kappa shape index (κ3) is 4.95.